The highest BCUT2D eigenvalue weighted by molar-refractivity contribution is 8.22. The first-order valence-electron chi connectivity index (χ1n) is 6.94. The van der Waals surface area contributed by atoms with E-state index < -0.39 is 5.51 Å². The van der Waals surface area contributed by atoms with Crippen molar-refractivity contribution in [3.63, 3.8) is 0 Å². The van der Waals surface area contributed by atoms with Gasteiger partial charge in [0.15, 0.2) is 5.58 Å². The third kappa shape index (κ3) is 4.88. The van der Waals surface area contributed by atoms with Crippen LogP contribution in [-0.2, 0) is 0 Å². The molecule has 0 N–H and O–H groups in total. The largest absolute Gasteiger partial charge is 0.446 e. The molecule has 0 aliphatic carbocycles. The first-order chi connectivity index (χ1) is 11.4. The highest BCUT2D eigenvalue weighted by Crippen LogP contribution is 2.39. The van der Waals surface area contributed by atoms with Gasteiger partial charge >= 0.3 is 5.51 Å². The van der Waals surface area contributed by atoms with Crippen molar-refractivity contribution in [1.82, 2.24) is 4.98 Å². The second-order valence-electron chi connectivity index (χ2n) is 4.34. The lowest BCUT2D eigenvalue weighted by molar-refractivity contribution is -0.0328. The maximum absolute atomic E-state index is 12.5. The molecule has 0 atom stereocenters. The van der Waals surface area contributed by atoms with E-state index in [1.54, 1.807) is 0 Å². The fraction of sp³-hybridized carbons (Fsp3) is 0.333. The summed E-state index contributed by atoms with van der Waals surface area (Å²) in [4.78, 5) is 4.24. The van der Waals surface area contributed by atoms with Crippen LogP contribution in [0.3, 0.4) is 0 Å². The van der Waals surface area contributed by atoms with Crippen molar-refractivity contribution < 1.29 is 17.6 Å². The van der Waals surface area contributed by atoms with Crippen LogP contribution < -0.4 is 0 Å². The molecule has 1 heterocycles. The summed E-state index contributed by atoms with van der Waals surface area (Å²) >= 11 is 2.83. The summed E-state index contributed by atoms with van der Waals surface area (Å²) in [5, 5.41) is 9.45. The van der Waals surface area contributed by atoms with Gasteiger partial charge in [0.1, 0.15) is 17.2 Å². The molecule has 9 heteroatoms. The number of rotatable bonds is 6. The van der Waals surface area contributed by atoms with Crippen LogP contribution in [0.1, 0.15) is 19.7 Å². The van der Waals surface area contributed by atoms with Gasteiger partial charge in [-0.15, -0.1) is 23.5 Å². The lowest BCUT2D eigenvalue weighted by atomic mass is 10.3. The summed E-state index contributed by atoms with van der Waals surface area (Å²) in [5.74, 6) is 1.72. The molecule has 0 saturated carbocycles. The predicted octanol–water partition coefficient (Wildman–Crippen LogP) is 6.14. The van der Waals surface area contributed by atoms with Gasteiger partial charge in [-0.25, -0.2) is 4.98 Å². The molecule has 0 bridgehead atoms. The van der Waals surface area contributed by atoms with E-state index in [1.165, 1.54) is 41.7 Å². The smallest absolute Gasteiger partial charge is 0.435 e. The number of hydrogen-bond acceptors (Lipinski definition) is 6. The van der Waals surface area contributed by atoms with Crippen LogP contribution in [-0.4, -0.2) is 22.0 Å². The van der Waals surface area contributed by atoms with Gasteiger partial charge in [-0.3, -0.25) is 0 Å². The zero-order valence-electron chi connectivity index (χ0n) is 12.8. The van der Waals surface area contributed by atoms with Gasteiger partial charge in [-0.2, -0.15) is 18.4 Å². The molecule has 0 fully saturated rings. The minimum absolute atomic E-state index is 0.0310. The molecule has 0 unspecified atom stereocenters. The Morgan fingerprint density at radius 3 is 2.46 bits per heavy atom. The van der Waals surface area contributed by atoms with Crippen LogP contribution in [0.25, 0.3) is 16.7 Å². The molecule has 24 heavy (non-hydrogen) atoms. The molecule has 0 radical (unpaired) electrons. The van der Waals surface area contributed by atoms with E-state index >= 15 is 0 Å². The molecule has 2 rings (SSSR count). The topological polar surface area (TPSA) is 49.8 Å². The maximum Gasteiger partial charge on any atom is 0.446 e. The number of aromatic nitrogens is 1. The Morgan fingerprint density at radius 2 is 1.92 bits per heavy atom. The van der Waals surface area contributed by atoms with E-state index in [2.05, 4.69) is 11.1 Å². The molecule has 0 spiro atoms. The molecule has 0 aliphatic heterocycles. The molecule has 0 amide bonds. The fourth-order valence-electron chi connectivity index (χ4n) is 1.84. The molecule has 0 aliphatic rings. The number of alkyl halides is 3. The van der Waals surface area contributed by atoms with E-state index in [1.807, 2.05) is 13.8 Å². The summed E-state index contributed by atoms with van der Waals surface area (Å²) in [6, 6.07) is 6.18. The normalized spacial score (nSPS) is 11.5. The first kappa shape index (κ1) is 19.1. The predicted molar refractivity (Wildman–Crippen MR) is 94.7 cm³/mol. The van der Waals surface area contributed by atoms with Crippen molar-refractivity contribution >= 4 is 52.0 Å². The van der Waals surface area contributed by atoms with E-state index in [9.17, 15) is 18.4 Å². The van der Waals surface area contributed by atoms with Gasteiger partial charge in [0.25, 0.3) is 0 Å². The summed E-state index contributed by atoms with van der Waals surface area (Å²) < 4.78 is 43.8. The summed E-state index contributed by atoms with van der Waals surface area (Å²) in [5.41, 5.74) is -3.39. The van der Waals surface area contributed by atoms with Gasteiger partial charge in [0, 0.05) is 4.90 Å². The van der Waals surface area contributed by atoms with Gasteiger partial charge in [0.2, 0.25) is 5.89 Å². The fourth-order valence-corrected chi connectivity index (χ4v) is 4.53. The minimum Gasteiger partial charge on any atom is -0.435 e. The Bertz CT molecular complexity index is 785. The van der Waals surface area contributed by atoms with Crippen molar-refractivity contribution in [3.05, 3.63) is 28.3 Å². The van der Waals surface area contributed by atoms with Gasteiger partial charge < -0.3 is 4.42 Å². The van der Waals surface area contributed by atoms with Crippen LogP contribution in [0.4, 0.5) is 13.2 Å². The number of benzene rings is 1. The molecule has 128 valence electrons. The number of thioether (sulfide) groups is 3. The Balaban J connectivity index is 2.45. The Hall–Kier alpha value is -1.24. The van der Waals surface area contributed by atoms with E-state index in [-0.39, 0.29) is 22.5 Å². The number of fused-ring (bicyclic) bond motifs is 1. The Morgan fingerprint density at radius 1 is 1.25 bits per heavy atom. The molecule has 2 aromatic rings. The molecular weight excluding hydrogens is 377 g/mol. The van der Waals surface area contributed by atoms with Crippen molar-refractivity contribution in [2.75, 3.05) is 11.5 Å². The minimum atomic E-state index is -4.36. The number of allylic oxidation sites excluding steroid dienone is 1. The monoisotopic (exact) mass is 390 g/mol. The number of nitriles is 1. The van der Waals surface area contributed by atoms with Crippen molar-refractivity contribution in [2.24, 2.45) is 0 Å². The van der Waals surface area contributed by atoms with Crippen molar-refractivity contribution in [3.8, 4) is 6.07 Å². The zero-order chi connectivity index (χ0) is 17.7. The summed E-state index contributed by atoms with van der Waals surface area (Å²) in [6.07, 6.45) is 0. The second-order valence-corrected chi connectivity index (χ2v) is 8.28. The standard InChI is InChI=1S/C15H13F3N2OS3/c1-3-22-14(23-4-2)10(8-19)13-20-11-7-9(24-15(16,17)18)5-6-12(11)21-13/h5-7H,3-4H2,1-2H3. The highest BCUT2D eigenvalue weighted by Gasteiger charge is 2.29. The zero-order valence-corrected chi connectivity index (χ0v) is 15.3. The third-order valence-electron chi connectivity index (χ3n) is 2.67. The number of nitrogens with zero attached hydrogens (tertiary/aromatic N) is 2. The third-order valence-corrected chi connectivity index (χ3v) is 5.61. The molecule has 1 aromatic carbocycles. The average molecular weight is 390 g/mol. The van der Waals surface area contributed by atoms with Crippen LogP contribution in [0.2, 0.25) is 0 Å². The van der Waals surface area contributed by atoms with Gasteiger partial charge in [0.05, 0.1) is 4.24 Å². The number of halogens is 3. The quantitative estimate of drug-likeness (QED) is 0.436. The van der Waals surface area contributed by atoms with Crippen molar-refractivity contribution in [2.45, 2.75) is 24.3 Å². The second kappa shape index (κ2) is 8.23. The molecule has 1 aromatic heterocycles. The van der Waals surface area contributed by atoms with Crippen LogP contribution in [0, 0.1) is 11.3 Å². The number of oxazole rings is 1. The van der Waals surface area contributed by atoms with Crippen LogP contribution in [0.15, 0.2) is 31.7 Å². The van der Waals surface area contributed by atoms with Crippen molar-refractivity contribution in [1.29, 1.82) is 5.26 Å². The Labute approximate surface area is 150 Å². The molecule has 0 saturated heterocycles. The van der Waals surface area contributed by atoms with Crippen LogP contribution in [0.5, 0.6) is 0 Å². The highest BCUT2D eigenvalue weighted by atomic mass is 32.2. The van der Waals surface area contributed by atoms with E-state index in [0.717, 1.165) is 15.7 Å². The lowest BCUT2D eigenvalue weighted by Gasteiger charge is -2.04. The molecular formula is C15H13F3N2OS3. The molecule has 3 nitrogen and oxygen atoms in total. The summed E-state index contributed by atoms with van der Waals surface area (Å²) in [7, 11) is 0. The Kier molecular flexibility index (Phi) is 6.54. The first-order valence-corrected chi connectivity index (χ1v) is 9.73. The maximum atomic E-state index is 12.5. The van der Waals surface area contributed by atoms with Crippen LogP contribution >= 0.6 is 35.3 Å². The van der Waals surface area contributed by atoms with E-state index in [0.29, 0.717) is 16.7 Å². The van der Waals surface area contributed by atoms with Gasteiger partial charge in [-0.05, 0) is 41.5 Å². The van der Waals surface area contributed by atoms with E-state index in [4.69, 9.17) is 4.42 Å². The average Bonchev–Trinajstić information content (AvgIpc) is 2.89. The SMILES string of the molecule is CCSC(SCC)=C(C#N)c1nc2cc(SC(F)(F)F)ccc2o1. The summed E-state index contributed by atoms with van der Waals surface area (Å²) in [6.45, 7) is 3.95. The van der Waals surface area contributed by atoms with Gasteiger partial charge in [-0.1, -0.05) is 13.8 Å². The lowest BCUT2D eigenvalue weighted by Crippen LogP contribution is -1.98. The number of hydrogen-bond donors (Lipinski definition) is 0.